The van der Waals surface area contributed by atoms with Crippen molar-refractivity contribution in [3.05, 3.63) is 70.5 Å². The highest BCUT2D eigenvalue weighted by Gasteiger charge is 2.26. The van der Waals surface area contributed by atoms with E-state index >= 15 is 0 Å². The summed E-state index contributed by atoms with van der Waals surface area (Å²) in [4.78, 5) is 26.8. The number of aromatic nitrogens is 2. The number of furan rings is 1. The van der Waals surface area contributed by atoms with Gasteiger partial charge in [-0.15, -0.1) is 0 Å². The summed E-state index contributed by atoms with van der Waals surface area (Å²) in [6.45, 7) is -0.946. The van der Waals surface area contributed by atoms with Crippen LogP contribution in [0.5, 0.6) is 11.6 Å². The van der Waals surface area contributed by atoms with E-state index in [4.69, 9.17) is 18.0 Å². The molecule has 0 N–H and O–H groups in total. The second kappa shape index (κ2) is 7.70. The molecule has 0 aliphatic carbocycles. The summed E-state index contributed by atoms with van der Waals surface area (Å²) < 4.78 is 40.0. The fourth-order valence-electron chi connectivity index (χ4n) is 3.00. The molecule has 4 aromatic rings. The van der Waals surface area contributed by atoms with Crippen molar-refractivity contribution in [2.75, 3.05) is 6.61 Å². The molecule has 2 aromatic carbocycles. The zero-order chi connectivity index (χ0) is 23.8. The number of benzene rings is 2. The number of hydrogen-bond acceptors (Lipinski definition) is 7. The molecule has 2 aromatic heterocycles. The molecule has 0 saturated carbocycles. The van der Waals surface area contributed by atoms with Gasteiger partial charge < -0.3 is 24.0 Å². The zero-order valence-electron chi connectivity index (χ0n) is 18.7. The fraction of sp³-hybridized carbons (Fsp3) is 0.143. The number of carbonyl (C=O) groups is 1. The number of ether oxygens (including phenoxy) is 2. The third-order valence-corrected chi connectivity index (χ3v) is 4.27. The number of esters is 1. The van der Waals surface area contributed by atoms with Gasteiger partial charge >= 0.3 is 17.7 Å². The van der Waals surface area contributed by atoms with E-state index < -0.39 is 29.6 Å². The third-order valence-electron chi connectivity index (χ3n) is 4.27. The van der Waals surface area contributed by atoms with Gasteiger partial charge in [0, 0.05) is 22.0 Å². The molecular weight excluding hydrogens is 390 g/mol. The Balaban J connectivity index is 1.86. The minimum absolute atomic E-state index is 0.0440. The van der Waals surface area contributed by atoms with Crippen LogP contribution in [0.2, 0.25) is 0 Å². The predicted octanol–water partition coefficient (Wildman–Crippen LogP) is 4.71. The van der Waals surface area contributed by atoms with Gasteiger partial charge in [0.1, 0.15) is 22.7 Å². The standard InChI is InChI=1S/C21H17N3O6/c1-3-28-21(25)17-15-11-14(29-20-19(24(26)27)22-12-23(20)2)9-10-16(15)30-18(17)13-7-5-4-6-8-13/h4-12H,3H2,1-2H3/i2D3. The van der Waals surface area contributed by atoms with Crippen LogP contribution in [-0.2, 0) is 11.7 Å². The van der Waals surface area contributed by atoms with Crippen molar-refractivity contribution >= 4 is 22.8 Å². The Morgan fingerprint density at radius 3 is 2.80 bits per heavy atom. The first-order valence-corrected chi connectivity index (χ1v) is 8.90. The smallest absolute Gasteiger partial charge is 0.427 e. The minimum atomic E-state index is -2.76. The Labute approximate surface area is 174 Å². The van der Waals surface area contributed by atoms with Gasteiger partial charge in [0.25, 0.3) is 0 Å². The van der Waals surface area contributed by atoms with E-state index in [1.54, 1.807) is 31.2 Å². The van der Waals surface area contributed by atoms with Crippen molar-refractivity contribution in [2.45, 2.75) is 6.92 Å². The average molecular weight is 410 g/mol. The molecule has 9 heteroatoms. The van der Waals surface area contributed by atoms with Crippen LogP contribution < -0.4 is 4.74 Å². The van der Waals surface area contributed by atoms with Gasteiger partial charge in [0.15, 0.2) is 0 Å². The quantitative estimate of drug-likeness (QED) is 0.257. The first-order valence-electron chi connectivity index (χ1n) is 10.4. The third kappa shape index (κ3) is 3.37. The predicted molar refractivity (Wildman–Crippen MR) is 108 cm³/mol. The molecule has 0 atom stereocenters. The normalized spacial score (nSPS) is 12.8. The molecular formula is C21H17N3O6. The van der Waals surface area contributed by atoms with E-state index in [-0.39, 0.29) is 17.9 Å². The molecule has 4 rings (SSSR count). The van der Waals surface area contributed by atoms with E-state index in [1.807, 2.05) is 6.07 Å². The Hall–Kier alpha value is -4.14. The second-order valence-corrected chi connectivity index (χ2v) is 6.15. The van der Waals surface area contributed by atoms with Crippen LogP contribution in [-0.4, -0.2) is 27.1 Å². The van der Waals surface area contributed by atoms with Gasteiger partial charge in [-0.1, -0.05) is 30.3 Å². The van der Waals surface area contributed by atoms with Crippen LogP contribution in [0.3, 0.4) is 0 Å². The molecule has 152 valence electrons. The van der Waals surface area contributed by atoms with E-state index in [1.165, 1.54) is 18.2 Å². The van der Waals surface area contributed by atoms with Crippen molar-refractivity contribution in [3.63, 3.8) is 0 Å². The van der Waals surface area contributed by atoms with Crippen molar-refractivity contribution in [2.24, 2.45) is 6.98 Å². The average Bonchev–Trinajstić information content (AvgIpc) is 3.36. The van der Waals surface area contributed by atoms with Crippen LogP contribution in [0.15, 0.2) is 59.3 Å². The van der Waals surface area contributed by atoms with Crippen LogP contribution in [0.1, 0.15) is 21.4 Å². The molecule has 0 bridgehead atoms. The largest absolute Gasteiger partial charge is 0.462 e. The molecule has 0 unspecified atom stereocenters. The van der Waals surface area contributed by atoms with E-state index in [0.29, 0.717) is 26.9 Å². The lowest BCUT2D eigenvalue weighted by Crippen LogP contribution is -2.05. The maximum Gasteiger partial charge on any atom is 0.427 e. The number of fused-ring (bicyclic) bond motifs is 1. The van der Waals surface area contributed by atoms with Gasteiger partial charge in [-0.3, -0.25) is 4.57 Å². The first kappa shape index (κ1) is 15.7. The Kier molecular flexibility index (Phi) is 4.04. The molecule has 0 fully saturated rings. The lowest BCUT2D eigenvalue weighted by molar-refractivity contribution is -0.390. The monoisotopic (exact) mass is 410 g/mol. The number of imidazole rings is 1. The topological polar surface area (TPSA) is 110 Å². The van der Waals surface area contributed by atoms with Gasteiger partial charge in [0.2, 0.25) is 6.33 Å². The molecule has 0 saturated heterocycles. The molecule has 0 spiro atoms. The second-order valence-electron chi connectivity index (χ2n) is 6.15. The van der Waals surface area contributed by atoms with Gasteiger partial charge in [-0.25, -0.2) is 4.79 Å². The highest BCUT2D eigenvalue weighted by molar-refractivity contribution is 6.09. The van der Waals surface area contributed by atoms with Crippen molar-refractivity contribution in [1.29, 1.82) is 0 Å². The SMILES string of the molecule is [2H]C([2H])([2H])n1cnc([N+](=O)[O-])c1Oc1ccc2oc(-c3ccccc3)c(C(=O)OCC)c2c1. The van der Waals surface area contributed by atoms with Crippen LogP contribution >= 0.6 is 0 Å². The summed E-state index contributed by atoms with van der Waals surface area (Å²) in [5.74, 6) is -1.61. The van der Waals surface area contributed by atoms with Crippen LogP contribution in [0, 0.1) is 10.1 Å². The highest BCUT2D eigenvalue weighted by Crippen LogP contribution is 2.37. The summed E-state index contributed by atoms with van der Waals surface area (Å²) in [5.41, 5.74) is 1.15. The maximum atomic E-state index is 12.8. The van der Waals surface area contributed by atoms with Crippen molar-refractivity contribution < 1.29 is 27.7 Å². The molecule has 0 amide bonds. The molecule has 30 heavy (non-hydrogen) atoms. The molecule has 2 heterocycles. The lowest BCUT2D eigenvalue weighted by atomic mass is 10.1. The van der Waals surface area contributed by atoms with Gasteiger partial charge in [-0.2, -0.15) is 0 Å². The molecule has 9 nitrogen and oxygen atoms in total. The number of hydrogen-bond donors (Lipinski definition) is 0. The highest BCUT2D eigenvalue weighted by atomic mass is 16.6. The number of nitrogens with zero attached hydrogens (tertiary/aromatic N) is 3. The number of rotatable bonds is 6. The van der Waals surface area contributed by atoms with E-state index in [2.05, 4.69) is 4.98 Å². The Morgan fingerprint density at radius 1 is 1.30 bits per heavy atom. The number of carbonyl (C=O) groups excluding carboxylic acids is 1. The summed E-state index contributed by atoms with van der Waals surface area (Å²) in [7, 11) is 0. The zero-order valence-corrected chi connectivity index (χ0v) is 15.7. The van der Waals surface area contributed by atoms with Crippen molar-refractivity contribution in [3.8, 4) is 23.0 Å². The van der Waals surface area contributed by atoms with E-state index in [0.717, 1.165) is 6.33 Å². The Morgan fingerprint density at radius 2 is 2.10 bits per heavy atom. The summed E-state index contributed by atoms with van der Waals surface area (Å²) in [6.07, 6.45) is 0.814. The van der Waals surface area contributed by atoms with Crippen LogP contribution in [0.25, 0.3) is 22.3 Å². The fourth-order valence-corrected chi connectivity index (χ4v) is 3.00. The molecule has 0 aliphatic heterocycles. The molecule has 0 aliphatic rings. The number of nitro groups is 1. The summed E-state index contributed by atoms with van der Waals surface area (Å²) in [6, 6.07) is 13.3. The first-order chi connectivity index (χ1) is 15.7. The van der Waals surface area contributed by atoms with Gasteiger partial charge in [-0.05, 0) is 35.0 Å². The maximum absolute atomic E-state index is 12.8. The Bertz CT molecular complexity index is 1340. The lowest BCUT2D eigenvalue weighted by Gasteiger charge is -2.06. The van der Waals surface area contributed by atoms with Gasteiger partial charge in [0.05, 0.1) is 6.61 Å². The molecule has 0 radical (unpaired) electrons. The van der Waals surface area contributed by atoms with Crippen LogP contribution in [0.4, 0.5) is 5.82 Å². The minimum Gasteiger partial charge on any atom is -0.462 e. The van der Waals surface area contributed by atoms with Crippen molar-refractivity contribution in [1.82, 2.24) is 9.55 Å². The summed E-state index contributed by atoms with van der Waals surface area (Å²) >= 11 is 0. The summed E-state index contributed by atoms with van der Waals surface area (Å²) in [5, 5.41) is 11.7. The number of aryl methyl sites for hydroxylation is 1. The van der Waals surface area contributed by atoms with E-state index in [9.17, 15) is 14.9 Å².